The van der Waals surface area contributed by atoms with E-state index in [2.05, 4.69) is 27.8 Å². The molecule has 0 saturated heterocycles. The van der Waals surface area contributed by atoms with Gasteiger partial charge in [0.05, 0.1) is 0 Å². The van der Waals surface area contributed by atoms with Gasteiger partial charge in [-0.15, -0.1) is 0 Å². The number of hydrogen-bond donors (Lipinski definition) is 0. The summed E-state index contributed by atoms with van der Waals surface area (Å²) in [6.07, 6.45) is 4.01. The van der Waals surface area contributed by atoms with Gasteiger partial charge in [0.1, 0.15) is 11.3 Å². The summed E-state index contributed by atoms with van der Waals surface area (Å²) in [6.45, 7) is 2.06. The highest BCUT2D eigenvalue weighted by molar-refractivity contribution is 9.10. The quantitative estimate of drug-likeness (QED) is 0.679. The highest BCUT2D eigenvalue weighted by atomic mass is 79.9. The summed E-state index contributed by atoms with van der Waals surface area (Å²) >= 11 is 3.28. The molecule has 0 bridgehead atoms. The number of pyridine rings is 1. The standard InChI is InChI=1S/C12H9BrN2O/c1-8-2-5-12-14-9(7-15(12)6-8)10-3-4-11(13)16-10/h2-7H,1H3. The third-order valence-corrected chi connectivity index (χ3v) is 2.85. The first-order valence-corrected chi connectivity index (χ1v) is 5.73. The second kappa shape index (κ2) is 3.49. The van der Waals surface area contributed by atoms with Crippen LogP contribution in [0, 0.1) is 6.92 Å². The predicted octanol–water partition coefficient (Wildman–Crippen LogP) is 3.67. The van der Waals surface area contributed by atoms with Crippen molar-refractivity contribution in [3.8, 4) is 11.5 Å². The Morgan fingerprint density at radius 1 is 1.19 bits per heavy atom. The van der Waals surface area contributed by atoms with Crippen LogP contribution in [-0.4, -0.2) is 9.38 Å². The molecule has 3 aromatic heterocycles. The van der Waals surface area contributed by atoms with Gasteiger partial charge >= 0.3 is 0 Å². The van der Waals surface area contributed by atoms with Gasteiger partial charge in [0.15, 0.2) is 10.4 Å². The van der Waals surface area contributed by atoms with E-state index in [1.165, 1.54) is 5.56 Å². The van der Waals surface area contributed by atoms with Crippen molar-refractivity contribution in [3.05, 3.63) is 46.9 Å². The van der Waals surface area contributed by atoms with Crippen LogP contribution in [0.25, 0.3) is 17.1 Å². The van der Waals surface area contributed by atoms with Crippen LogP contribution in [0.15, 0.2) is 45.7 Å². The van der Waals surface area contributed by atoms with E-state index in [-0.39, 0.29) is 0 Å². The molecule has 80 valence electrons. The third kappa shape index (κ3) is 1.55. The van der Waals surface area contributed by atoms with Crippen molar-refractivity contribution in [2.75, 3.05) is 0 Å². The van der Waals surface area contributed by atoms with Crippen LogP contribution in [0.5, 0.6) is 0 Å². The largest absolute Gasteiger partial charge is 0.448 e. The minimum atomic E-state index is 0.718. The Bertz CT molecular complexity index is 654. The lowest BCUT2D eigenvalue weighted by Crippen LogP contribution is -1.82. The predicted molar refractivity (Wildman–Crippen MR) is 65.3 cm³/mol. The number of aryl methyl sites for hydroxylation is 1. The minimum Gasteiger partial charge on any atom is -0.448 e. The number of furan rings is 1. The van der Waals surface area contributed by atoms with Crippen LogP contribution < -0.4 is 0 Å². The number of hydrogen-bond acceptors (Lipinski definition) is 2. The maximum atomic E-state index is 5.47. The maximum Gasteiger partial charge on any atom is 0.169 e. The molecule has 0 spiro atoms. The van der Waals surface area contributed by atoms with Gasteiger partial charge in [-0.1, -0.05) is 6.07 Å². The SMILES string of the molecule is Cc1ccc2nc(-c3ccc(Br)o3)cn2c1. The molecule has 0 unspecified atom stereocenters. The molecular formula is C12H9BrN2O. The molecule has 0 aliphatic carbocycles. The van der Waals surface area contributed by atoms with Gasteiger partial charge in [0.2, 0.25) is 0 Å². The van der Waals surface area contributed by atoms with Crippen molar-refractivity contribution in [3.63, 3.8) is 0 Å². The van der Waals surface area contributed by atoms with E-state index >= 15 is 0 Å². The Kier molecular flexibility index (Phi) is 2.11. The Balaban J connectivity index is 2.18. The van der Waals surface area contributed by atoms with Crippen molar-refractivity contribution < 1.29 is 4.42 Å². The zero-order valence-electron chi connectivity index (χ0n) is 8.64. The molecule has 0 fully saturated rings. The number of fused-ring (bicyclic) bond motifs is 1. The zero-order chi connectivity index (χ0) is 11.1. The molecule has 4 heteroatoms. The number of aromatic nitrogens is 2. The molecule has 0 amide bonds. The fourth-order valence-corrected chi connectivity index (χ4v) is 1.98. The van der Waals surface area contributed by atoms with E-state index in [0.717, 1.165) is 21.8 Å². The monoisotopic (exact) mass is 276 g/mol. The lowest BCUT2D eigenvalue weighted by Gasteiger charge is -1.92. The van der Waals surface area contributed by atoms with Crippen molar-refractivity contribution in [1.82, 2.24) is 9.38 Å². The average Bonchev–Trinajstić information content (AvgIpc) is 2.83. The van der Waals surface area contributed by atoms with E-state index in [1.54, 1.807) is 0 Å². The lowest BCUT2D eigenvalue weighted by atomic mass is 10.3. The second-order valence-corrected chi connectivity index (χ2v) is 4.48. The summed E-state index contributed by atoms with van der Waals surface area (Å²) < 4.78 is 8.19. The second-order valence-electron chi connectivity index (χ2n) is 3.70. The Labute approximate surface area is 101 Å². The molecule has 0 N–H and O–H groups in total. The first-order chi connectivity index (χ1) is 7.72. The molecule has 3 rings (SSSR count). The number of imidazole rings is 1. The molecule has 0 atom stereocenters. The molecule has 0 aromatic carbocycles. The van der Waals surface area contributed by atoms with Gasteiger partial charge in [-0.25, -0.2) is 4.98 Å². The third-order valence-electron chi connectivity index (χ3n) is 2.42. The van der Waals surface area contributed by atoms with E-state index < -0.39 is 0 Å². The summed E-state index contributed by atoms with van der Waals surface area (Å²) in [7, 11) is 0. The molecule has 0 radical (unpaired) electrons. The fourth-order valence-electron chi connectivity index (χ4n) is 1.67. The lowest BCUT2D eigenvalue weighted by molar-refractivity contribution is 0.554. The van der Waals surface area contributed by atoms with Crippen LogP contribution in [0.2, 0.25) is 0 Å². The van der Waals surface area contributed by atoms with E-state index in [4.69, 9.17) is 4.42 Å². The van der Waals surface area contributed by atoms with E-state index in [0.29, 0.717) is 0 Å². The fraction of sp³-hybridized carbons (Fsp3) is 0.0833. The Hall–Kier alpha value is -1.55. The Morgan fingerprint density at radius 2 is 2.06 bits per heavy atom. The first-order valence-electron chi connectivity index (χ1n) is 4.93. The molecule has 3 heterocycles. The normalized spacial score (nSPS) is 11.1. The highest BCUT2D eigenvalue weighted by Gasteiger charge is 2.07. The number of nitrogens with zero attached hydrogens (tertiary/aromatic N) is 2. The van der Waals surface area contributed by atoms with E-state index in [1.807, 2.05) is 41.1 Å². The van der Waals surface area contributed by atoms with Crippen molar-refractivity contribution in [1.29, 1.82) is 0 Å². The molecule has 0 saturated carbocycles. The van der Waals surface area contributed by atoms with Gasteiger partial charge in [-0.05, 0) is 46.6 Å². The molecule has 16 heavy (non-hydrogen) atoms. The van der Waals surface area contributed by atoms with Crippen molar-refractivity contribution in [2.45, 2.75) is 6.92 Å². The molecule has 0 aliphatic heterocycles. The molecule has 3 nitrogen and oxygen atoms in total. The summed E-state index contributed by atoms with van der Waals surface area (Å²) in [4.78, 5) is 4.49. The summed E-state index contributed by atoms with van der Waals surface area (Å²) in [5.41, 5.74) is 2.97. The number of halogens is 1. The van der Waals surface area contributed by atoms with Crippen LogP contribution in [-0.2, 0) is 0 Å². The van der Waals surface area contributed by atoms with Gasteiger partial charge < -0.3 is 8.82 Å². The van der Waals surface area contributed by atoms with Gasteiger partial charge in [0.25, 0.3) is 0 Å². The first kappa shape index (κ1) is 9.66. The summed E-state index contributed by atoms with van der Waals surface area (Å²) in [5.74, 6) is 0.772. The van der Waals surface area contributed by atoms with Crippen LogP contribution in [0.3, 0.4) is 0 Å². The van der Waals surface area contributed by atoms with Crippen LogP contribution in [0.4, 0.5) is 0 Å². The molecular weight excluding hydrogens is 268 g/mol. The number of rotatable bonds is 1. The molecule has 3 aromatic rings. The van der Waals surface area contributed by atoms with E-state index in [9.17, 15) is 0 Å². The van der Waals surface area contributed by atoms with Gasteiger partial charge in [0, 0.05) is 12.4 Å². The van der Waals surface area contributed by atoms with Crippen LogP contribution in [0.1, 0.15) is 5.56 Å². The molecule has 0 aliphatic rings. The highest BCUT2D eigenvalue weighted by Crippen LogP contribution is 2.24. The average molecular weight is 277 g/mol. The zero-order valence-corrected chi connectivity index (χ0v) is 10.2. The summed E-state index contributed by atoms with van der Waals surface area (Å²) in [5, 5.41) is 0. The maximum absolute atomic E-state index is 5.47. The van der Waals surface area contributed by atoms with Crippen molar-refractivity contribution >= 4 is 21.6 Å². The smallest absolute Gasteiger partial charge is 0.169 e. The van der Waals surface area contributed by atoms with Crippen molar-refractivity contribution in [2.24, 2.45) is 0 Å². The van der Waals surface area contributed by atoms with Gasteiger partial charge in [-0.3, -0.25) is 0 Å². The van der Waals surface area contributed by atoms with Crippen LogP contribution >= 0.6 is 15.9 Å². The summed E-state index contributed by atoms with van der Waals surface area (Å²) in [6, 6.07) is 7.81. The Morgan fingerprint density at radius 3 is 2.81 bits per heavy atom. The minimum absolute atomic E-state index is 0.718. The topological polar surface area (TPSA) is 30.4 Å². The van der Waals surface area contributed by atoms with Gasteiger partial charge in [-0.2, -0.15) is 0 Å².